The Bertz CT molecular complexity index is 329. The smallest absolute Gasteiger partial charge is 0.237 e. The van der Waals surface area contributed by atoms with Crippen LogP contribution in [-0.4, -0.2) is 36.1 Å². The van der Waals surface area contributed by atoms with Crippen LogP contribution in [-0.2, 0) is 0 Å². The first kappa shape index (κ1) is 10.2. The molecule has 0 spiro atoms. The zero-order valence-corrected chi connectivity index (χ0v) is 9.02. The summed E-state index contributed by atoms with van der Waals surface area (Å²) in [5.74, 6) is 0.567. The van der Waals surface area contributed by atoms with Gasteiger partial charge >= 0.3 is 0 Å². The topological polar surface area (TPSA) is 51.4 Å². The van der Waals surface area contributed by atoms with Crippen LogP contribution < -0.4 is 10.5 Å². The second kappa shape index (κ2) is 4.49. The standard InChI is InChI=1S/C11H17N3O/c1-14-7-3-4-9(8-14)15-11-10(12)5-2-6-13-11/h2,5-6,9H,3-4,7-8,12H2,1H3/t9-/m0/s1. The predicted octanol–water partition coefficient (Wildman–Crippen LogP) is 1.14. The van der Waals surface area contributed by atoms with Crippen LogP contribution in [0.15, 0.2) is 18.3 Å². The van der Waals surface area contributed by atoms with Crippen LogP contribution in [0.1, 0.15) is 12.8 Å². The summed E-state index contributed by atoms with van der Waals surface area (Å²) in [4.78, 5) is 6.40. The Balaban J connectivity index is 1.99. The van der Waals surface area contributed by atoms with E-state index in [1.54, 1.807) is 6.20 Å². The van der Waals surface area contributed by atoms with Crippen LogP contribution in [0.2, 0.25) is 0 Å². The fourth-order valence-electron chi connectivity index (χ4n) is 1.87. The number of nitrogen functional groups attached to an aromatic ring is 1. The molecule has 2 heterocycles. The van der Waals surface area contributed by atoms with E-state index in [9.17, 15) is 0 Å². The first-order valence-electron chi connectivity index (χ1n) is 5.31. The Morgan fingerprint density at radius 1 is 1.60 bits per heavy atom. The third-order valence-electron chi connectivity index (χ3n) is 2.66. The largest absolute Gasteiger partial charge is 0.472 e. The number of hydrogen-bond acceptors (Lipinski definition) is 4. The molecule has 1 saturated heterocycles. The fourth-order valence-corrected chi connectivity index (χ4v) is 1.87. The second-order valence-electron chi connectivity index (χ2n) is 4.04. The summed E-state index contributed by atoms with van der Waals surface area (Å²) in [7, 11) is 2.11. The lowest BCUT2D eigenvalue weighted by Crippen LogP contribution is -2.38. The van der Waals surface area contributed by atoms with Gasteiger partial charge in [0.15, 0.2) is 0 Å². The molecule has 1 fully saturated rings. The van der Waals surface area contributed by atoms with Crippen LogP contribution in [0.5, 0.6) is 5.88 Å². The van der Waals surface area contributed by atoms with Crippen molar-refractivity contribution in [1.29, 1.82) is 0 Å². The number of hydrogen-bond donors (Lipinski definition) is 1. The number of nitrogens with zero attached hydrogens (tertiary/aromatic N) is 2. The normalized spacial score (nSPS) is 22.6. The van der Waals surface area contributed by atoms with Gasteiger partial charge in [-0.1, -0.05) is 0 Å². The maximum absolute atomic E-state index is 5.78. The first-order chi connectivity index (χ1) is 7.25. The van der Waals surface area contributed by atoms with Gasteiger partial charge in [0.25, 0.3) is 0 Å². The zero-order valence-electron chi connectivity index (χ0n) is 9.02. The average molecular weight is 207 g/mol. The van der Waals surface area contributed by atoms with Crippen molar-refractivity contribution in [3.63, 3.8) is 0 Å². The lowest BCUT2D eigenvalue weighted by atomic mass is 10.1. The number of rotatable bonds is 2. The molecule has 1 aromatic heterocycles. The van der Waals surface area contributed by atoms with Gasteiger partial charge < -0.3 is 15.4 Å². The minimum atomic E-state index is 0.223. The number of pyridine rings is 1. The second-order valence-corrected chi connectivity index (χ2v) is 4.04. The van der Waals surface area contributed by atoms with E-state index < -0.39 is 0 Å². The van der Waals surface area contributed by atoms with E-state index in [2.05, 4.69) is 16.9 Å². The van der Waals surface area contributed by atoms with Gasteiger partial charge in [0, 0.05) is 12.7 Å². The van der Waals surface area contributed by atoms with E-state index in [1.165, 1.54) is 6.42 Å². The molecule has 1 aliphatic rings. The minimum absolute atomic E-state index is 0.223. The van der Waals surface area contributed by atoms with Crippen LogP contribution in [0.25, 0.3) is 0 Å². The summed E-state index contributed by atoms with van der Waals surface area (Å²) in [5.41, 5.74) is 6.39. The fraction of sp³-hybridized carbons (Fsp3) is 0.545. The number of aromatic nitrogens is 1. The SMILES string of the molecule is CN1CCC[C@H](Oc2ncccc2N)C1. The molecular weight excluding hydrogens is 190 g/mol. The Hall–Kier alpha value is -1.29. The van der Waals surface area contributed by atoms with Crippen LogP contribution in [0, 0.1) is 0 Å². The molecule has 15 heavy (non-hydrogen) atoms. The highest BCUT2D eigenvalue weighted by atomic mass is 16.5. The number of ether oxygens (including phenoxy) is 1. The molecule has 4 nitrogen and oxygen atoms in total. The number of likely N-dealkylation sites (tertiary alicyclic amines) is 1. The molecule has 82 valence electrons. The highest BCUT2D eigenvalue weighted by molar-refractivity contribution is 5.46. The number of piperidine rings is 1. The summed E-state index contributed by atoms with van der Waals surface area (Å²) in [6.45, 7) is 2.10. The highest BCUT2D eigenvalue weighted by Crippen LogP contribution is 2.20. The molecule has 0 aliphatic carbocycles. The quantitative estimate of drug-likeness (QED) is 0.790. The van der Waals surface area contributed by atoms with Gasteiger partial charge in [-0.2, -0.15) is 0 Å². The van der Waals surface area contributed by atoms with Crippen LogP contribution in [0.3, 0.4) is 0 Å². The van der Waals surface area contributed by atoms with Crippen LogP contribution >= 0.6 is 0 Å². The maximum Gasteiger partial charge on any atom is 0.237 e. The van der Waals surface area contributed by atoms with E-state index in [4.69, 9.17) is 10.5 Å². The third-order valence-corrected chi connectivity index (χ3v) is 2.66. The molecule has 0 bridgehead atoms. The van der Waals surface area contributed by atoms with Gasteiger partial charge in [0.1, 0.15) is 6.10 Å². The first-order valence-corrected chi connectivity index (χ1v) is 5.31. The van der Waals surface area contributed by atoms with Gasteiger partial charge in [-0.15, -0.1) is 0 Å². The highest BCUT2D eigenvalue weighted by Gasteiger charge is 2.19. The summed E-state index contributed by atoms with van der Waals surface area (Å²) in [6.07, 6.45) is 4.19. The lowest BCUT2D eigenvalue weighted by molar-refractivity contribution is 0.101. The Morgan fingerprint density at radius 3 is 3.20 bits per heavy atom. The van der Waals surface area contributed by atoms with E-state index >= 15 is 0 Å². The molecule has 0 unspecified atom stereocenters. The summed E-state index contributed by atoms with van der Waals surface area (Å²) in [6, 6.07) is 3.63. The lowest BCUT2D eigenvalue weighted by Gasteiger charge is -2.29. The van der Waals surface area contributed by atoms with Crippen molar-refractivity contribution in [3.05, 3.63) is 18.3 Å². The molecule has 0 aromatic carbocycles. The minimum Gasteiger partial charge on any atom is -0.472 e. The van der Waals surface area contributed by atoms with Gasteiger partial charge in [-0.3, -0.25) is 0 Å². The Labute approximate surface area is 90.0 Å². The predicted molar refractivity (Wildman–Crippen MR) is 59.8 cm³/mol. The summed E-state index contributed by atoms with van der Waals surface area (Å²) < 4.78 is 5.78. The van der Waals surface area contributed by atoms with Gasteiger partial charge in [0.2, 0.25) is 5.88 Å². The summed E-state index contributed by atoms with van der Waals surface area (Å²) in [5, 5.41) is 0. The molecule has 0 radical (unpaired) electrons. The van der Waals surface area contributed by atoms with Crippen molar-refractivity contribution in [3.8, 4) is 5.88 Å². The van der Waals surface area contributed by atoms with Gasteiger partial charge in [-0.05, 0) is 38.6 Å². The van der Waals surface area contributed by atoms with Crippen LogP contribution in [0.4, 0.5) is 5.69 Å². The third kappa shape index (κ3) is 2.59. The molecular formula is C11H17N3O. The van der Waals surface area contributed by atoms with E-state index in [0.717, 1.165) is 19.5 Å². The molecule has 0 saturated carbocycles. The van der Waals surface area contributed by atoms with E-state index in [-0.39, 0.29) is 6.10 Å². The molecule has 1 atom stereocenters. The molecule has 2 N–H and O–H groups in total. The van der Waals surface area contributed by atoms with Crippen molar-refractivity contribution in [1.82, 2.24) is 9.88 Å². The van der Waals surface area contributed by atoms with Gasteiger partial charge in [0.05, 0.1) is 5.69 Å². The Morgan fingerprint density at radius 2 is 2.47 bits per heavy atom. The molecule has 1 aliphatic heterocycles. The molecule has 2 rings (SSSR count). The zero-order chi connectivity index (χ0) is 10.7. The molecule has 4 heteroatoms. The Kier molecular flexibility index (Phi) is 3.06. The number of anilines is 1. The van der Waals surface area contributed by atoms with Crippen molar-refractivity contribution in [2.24, 2.45) is 0 Å². The van der Waals surface area contributed by atoms with Crippen molar-refractivity contribution in [2.45, 2.75) is 18.9 Å². The molecule has 1 aromatic rings. The van der Waals surface area contributed by atoms with Crippen molar-refractivity contribution >= 4 is 5.69 Å². The molecule has 0 amide bonds. The summed E-state index contributed by atoms with van der Waals surface area (Å²) >= 11 is 0. The maximum atomic E-state index is 5.78. The van der Waals surface area contributed by atoms with E-state index in [1.807, 2.05) is 12.1 Å². The van der Waals surface area contributed by atoms with E-state index in [0.29, 0.717) is 11.6 Å². The van der Waals surface area contributed by atoms with Gasteiger partial charge in [-0.25, -0.2) is 4.98 Å². The average Bonchev–Trinajstić information content (AvgIpc) is 2.22. The van der Waals surface area contributed by atoms with Crippen molar-refractivity contribution < 1.29 is 4.74 Å². The van der Waals surface area contributed by atoms with Crippen molar-refractivity contribution in [2.75, 3.05) is 25.9 Å². The number of nitrogens with two attached hydrogens (primary N) is 1. The number of likely N-dealkylation sites (N-methyl/N-ethyl adjacent to an activating group) is 1. The monoisotopic (exact) mass is 207 g/mol.